The van der Waals surface area contributed by atoms with E-state index in [-0.39, 0.29) is 0 Å². The van der Waals surface area contributed by atoms with Gasteiger partial charge in [0.15, 0.2) is 0 Å². The Bertz CT molecular complexity index is 397. The molecular formula is C15H25N3O. The minimum absolute atomic E-state index is 0.580. The number of ether oxygens (including phenoxy) is 1. The van der Waals surface area contributed by atoms with Crippen molar-refractivity contribution in [3.05, 3.63) is 23.9 Å². The van der Waals surface area contributed by atoms with E-state index in [1.165, 1.54) is 12.8 Å². The Labute approximate surface area is 116 Å². The fourth-order valence-corrected chi connectivity index (χ4v) is 2.71. The Balaban J connectivity index is 1.97. The summed E-state index contributed by atoms with van der Waals surface area (Å²) < 4.78 is 5.14. The molecule has 0 bridgehead atoms. The van der Waals surface area contributed by atoms with Crippen molar-refractivity contribution in [3.8, 4) is 0 Å². The summed E-state index contributed by atoms with van der Waals surface area (Å²) in [5.74, 6) is 1.13. The fraction of sp³-hybridized carbons (Fsp3) is 0.667. The van der Waals surface area contributed by atoms with Crippen LogP contribution in [0.5, 0.6) is 0 Å². The molecule has 0 aliphatic carbocycles. The molecule has 0 unspecified atom stereocenters. The highest BCUT2D eigenvalue weighted by molar-refractivity contribution is 5.41. The lowest BCUT2D eigenvalue weighted by atomic mass is 10.2. The van der Waals surface area contributed by atoms with Gasteiger partial charge in [0, 0.05) is 38.5 Å². The Kier molecular flexibility index (Phi) is 5.16. The standard InChI is InChI=1S/C15H25N3O/c1-13-6-4-8-15(16-13)18-9-5-7-14(18)12-17(2)10-11-19-3/h4,6,8,14H,5,7,9-12H2,1-3H3/t14-/m0/s1. The average Bonchev–Trinajstić information content (AvgIpc) is 2.84. The molecule has 1 aliphatic heterocycles. The summed E-state index contributed by atoms with van der Waals surface area (Å²) in [5.41, 5.74) is 1.09. The van der Waals surface area contributed by atoms with Gasteiger partial charge in [-0.2, -0.15) is 0 Å². The quantitative estimate of drug-likeness (QED) is 0.784. The van der Waals surface area contributed by atoms with E-state index in [9.17, 15) is 0 Å². The van der Waals surface area contributed by atoms with E-state index in [1.807, 2.05) is 0 Å². The van der Waals surface area contributed by atoms with Gasteiger partial charge in [0.25, 0.3) is 0 Å². The number of hydrogen-bond acceptors (Lipinski definition) is 4. The zero-order valence-electron chi connectivity index (χ0n) is 12.3. The van der Waals surface area contributed by atoms with Crippen LogP contribution in [0.3, 0.4) is 0 Å². The monoisotopic (exact) mass is 263 g/mol. The third-order valence-corrected chi connectivity index (χ3v) is 3.74. The van der Waals surface area contributed by atoms with Crippen LogP contribution < -0.4 is 4.90 Å². The third-order valence-electron chi connectivity index (χ3n) is 3.74. The molecule has 1 aromatic heterocycles. The molecule has 1 aliphatic rings. The van der Waals surface area contributed by atoms with Crippen LogP contribution in [-0.4, -0.2) is 56.3 Å². The average molecular weight is 263 g/mol. The van der Waals surface area contributed by atoms with Gasteiger partial charge in [-0.05, 0) is 38.9 Å². The SMILES string of the molecule is COCCN(C)C[C@@H]1CCCN1c1cccc(C)n1. The van der Waals surface area contributed by atoms with E-state index < -0.39 is 0 Å². The van der Waals surface area contributed by atoms with Crippen molar-refractivity contribution in [1.82, 2.24) is 9.88 Å². The summed E-state index contributed by atoms with van der Waals surface area (Å²) in [6.07, 6.45) is 2.52. The molecule has 4 heteroatoms. The lowest BCUT2D eigenvalue weighted by Gasteiger charge is -2.29. The minimum Gasteiger partial charge on any atom is -0.383 e. The fourth-order valence-electron chi connectivity index (χ4n) is 2.71. The summed E-state index contributed by atoms with van der Waals surface area (Å²) in [6, 6.07) is 6.86. The molecule has 4 nitrogen and oxygen atoms in total. The molecule has 0 amide bonds. The first kappa shape index (κ1) is 14.3. The van der Waals surface area contributed by atoms with Gasteiger partial charge in [-0.15, -0.1) is 0 Å². The van der Waals surface area contributed by atoms with Crippen molar-refractivity contribution in [1.29, 1.82) is 0 Å². The van der Waals surface area contributed by atoms with E-state index in [0.29, 0.717) is 6.04 Å². The van der Waals surface area contributed by atoms with Crippen molar-refractivity contribution in [2.75, 3.05) is 45.3 Å². The Hall–Kier alpha value is -1.13. The molecule has 2 heterocycles. The maximum Gasteiger partial charge on any atom is 0.129 e. The van der Waals surface area contributed by atoms with Crippen molar-refractivity contribution < 1.29 is 4.74 Å². The zero-order chi connectivity index (χ0) is 13.7. The van der Waals surface area contributed by atoms with Crippen molar-refractivity contribution >= 4 is 5.82 Å². The van der Waals surface area contributed by atoms with Crippen LogP contribution >= 0.6 is 0 Å². The molecule has 1 atom stereocenters. The second kappa shape index (κ2) is 6.87. The summed E-state index contributed by atoms with van der Waals surface area (Å²) in [7, 11) is 3.92. The molecular weight excluding hydrogens is 238 g/mol. The highest BCUT2D eigenvalue weighted by Crippen LogP contribution is 2.24. The molecule has 0 radical (unpaired) electrons. The van der Waals surface area contributed by atoms with Crippen LogP contribution in [0.25, 0.3) is 0 Å². The van der Waals surface area contributed by atoms with Gasteiger partial charge >= 0.3 is 0 Å². The van der Waals surface area contributed by atoms with E-state index in [0.717, 1.165) is 37.8 Å². The zero-order valence-corrected chi connectivity index (χ0v) is 12.3. The highest BCUT2D eigenvalue weighted by atomic mass is 16.5. The second-order valence-electron chi connectivity index (χ2n) is 5.38. The Morgan fingerprint density at radius 1 is 1.47 bits per heavy atom. The van der Waals surface area contributed by atoms with Crippen molar-refractivity contribution in [3.63, 3.8) is 0 Å². The second-order valence-corrected chi connectivity index (χ2v) is 5.38. The topological polar surface area (TPSA) is 28.6 Å². The number of aromatic nitrogens is 1. The van der Waals surface area contributed by atoms with Gasteiger partial charge < -0.3 is 14.5 Å². The molecule has 1 saturated heterocycles. The number of anilines is 1. The third kappa shape index (κ3) is 3.91. The molecule has 0 aromatic carbocycles. The van der Waals surface area contributed by atoms with Gasteiger partial charge in [0.2, 0.25) is 0 Å². The molecule has 19 heavy (non-hydrogen) atoms. The van der Waals surface area contributed by atoms with Crippen LogP contribution in [-0.2, 0) is 4.74 Å². The first-order valence-corrected chi connectivity index (χ1v) is 7.08. The Morgan fingerprint density at radius 3 is 3.05 bits per heavy atom. The van der Waals surface area contributed by atoms with Gasteiger partial charge in [0.05, 0.1) is 6.61 Å². The molecule has 1 aromatic rings. The lowest BCUT2D eigenvalue weighted by Crippen LogP contribution is -2.40. The molecule has 1 fully saturated rings. The largest absolute Gasteiger partial charge is 0.383 e. The van der Waals surface area contributed by atoms with Gasteiger partial charge in [-0.1, -0.05) is 6.07 Å². The van der Waals surface area contributed by atoms with Gasteiger partial charge in [0.1, 0.15) is 5.82 Å². The first-order chi connectivity index (χ1) is 9.20. The molecule has 0 N–H and O–H groups in total. The van der Waals surface area contributed by atoms with E-state index >= 15 is 0 Å². The normalized spacial score (nSPS) is 19.4. The van der Waals surface area contributed by atoms with E-state index in [4.69, 9.17) is 4.74 Å². The molecule has 0 saturated carbocycles. The van der Waals surface area contributed by atoms with Gasteiger partial charge in [-0.25, -0.2) is 4.98 Å². The number of hydrogen-bond donors (Lipinski definition) is 0. The summed E-state index contributed by atoms with van der Waals surface area (Å²) >= 11 is 0. The number of aryl methyl sites for hydroxylation is 1. The highest BCUT2D eigenvalue weighted by Gasteiger charge is 2.26. The number of rotatable bonds is 6. The van der Waals surface area contributed by atoms with Gasteiger partial charge in [-0.3, -0.25) is 0 Å². The molecule has 106 valence electrons. The minimum atomic E-state index is 0.580. The molecule has 0 spiro atoms. The number of pyridine rings is 1. The summed E-state index contributed by atoms with van der Waals surface area (Å²) in [6.45, 7) is 6.05. The van der Waals surface area contributed by atoms with E-state index in [1.54, 1.807) is 7.11 Å². The van der Waals surface area contributed by atoms with Crippen molar-refractivity contribution in [2.45, 2.75) is 25.8 Å². The lowest BCUT2D eigenvalue weighted by molar-refractivity contribution is 0.158. The van der Waals surface area contributed by atoms with Crippen LogP contribution in [0.15, 0.2) is 18.2 Å². The van der Waals surface area contributed by atoms with Crippen LogP contribution in [0.1, 0.15) is 18.5 Å². The smallest absolute Gasteiger partial charge is 0.129 e. The van der Waals surface area contributed by atoms with E-state index in [2.05, 4.69) is 47.0 Å². The van der Waals surface area contributed by atoms with Crippen LogP contribution in [0.2, 0.25) is 0 Å². The molecule has 2 rings (SSSR count). The maximum atomic E-state index is 5.14. The van der Waals surface area contributed by atoms with Crippen molar-refractivity contribution in [2.24, 2.45) is 0 Å². The van der Waals surface area contributed by atoms with Crippen LogP contribution in [0.4, 0.5) is 5.82 Å². The first-order valence-electron chi connectivity index (χ1n) is 7.08. The number of methoxy groups -OCH3 is 1. The Morgan fingerprint density at radius 2 is 2.32 bits per heavy atom. The number of nitrogens with zero attached hydrogens (tertiary/aromatic N) is 3. The summed E-state index contributed by atoms with van der Waals surface area (Å²) in [4.78, 5) is 9.46. The number of likely N-dealkylation sites (N-methyl/N-ethyl adjacent to an activating group) is 1. The summed E-state index contributed by atoms with van der Waals surface area (Å²) in [5, 5.41) is 0. The maximum absolute atomic E-state index is 5.14. The predicted octanol–water partition coefficient (Wildman–Crippen LogP) is 1.94. The van der Waals surface area contributed by atoms with Crippen LogP contribution in [0, 0.1) is 6.92 Å². The predicted molar refractivity (Wildman–Crippen MR) is 78.7 cm³/mol.